The highest BCUT2D eigenvalue weighted by molar-refractivity contribution is 7.89. The predicted molar refractivity (Wildman–Crippen MR) is 136 cm³/mol. The Kier molecular flexibility index (Phi) is 7.69. The van der Waals surface area contributed by atoms with Gasteiger partial charge in [0, 0.05) is 24.0 Å². The molecule has 1 aliphatic rings. The molecule has 4 rings (SSSR count). The molecule has 184 valence electrons. The lowest BCUT2D eigenvalue weighted by molar-refractivity contribution is 0.0526. The molecule has 1 aliphatic carbocycles. The zero-order valence-corrected chi connectivity index (χ0v) is 21.4. The molecule has 0 bridgehead atoms. The number of nitrogens with one attached hydrogen (secondary N) is 1. The van der Waals surface area contributed by atoms with Crippen molar-refractivity contribution in [1.29, 1.82) is 0 Å². The summed E-state index contributed by atoms with van der Waals surface area (Å²) in [7, 11) is -2.20. The number of carbonyl (C=O) groups is 2. The van der Waals surface area contributed by atoms with Gasteiger partial charge in [-0.05, 0) is 68.0 Å². The number of aryl methyl sites for hydroxylation is 1. The van der Waals surface area contributed by atoms with Crippen LogP contribution in [0, 0.1) is 0 Å². The summed E-state index contributed by atoms with van der Waals surface area (Å²) in [5.41, 5.74) is 2.60. The maximum atomic E-state index is 13.0. The van der Waals surface area contributed by atoms with Gasteiger partial charge in [0.15, 0.2) is 0 Å². The highest BCUT2D eigenvalue weighted by atomic mass is 32.2. The number of ether oxygens (including phenoxy) is 1. The summed E-state index contributed by atoms with van der Waals surface area (Å²) >= 11 is 1.42. The molecule has 0 aliphatic heterocycles. The monoisotopic (exact) mass is 512 g/mol. The van der Waals surface area contributed by atoms with Gasteiger partial charge in [-0.2, -0.15) is 4.31 Å². The normalized spacial score (nSPS) is 13.3. The Hall–Kier alpha value is -3.01. The number of fused-ring (bicyclic) bond motifs is 1. The standard InChI is InChI=1S/C26H28N2O5S2/c1-3-33-26(30)23-21-11-7-8-12-22(21)34-25(23)27-24(29)19-13-15-20(16-14-19)35(31,32)28(2)17-18-9-5-4-6-10-18/h4-6,9-10,13-16H,3,7-8,11-12,17H2,1-2H3,(H,27,29). The van der Waals surface area contributed by atoms with E-state index in [1.807, 2.05) is 30.3 Å². The molecule has 0 atom stereocenters. The fraction of sp³-hybridized carbons (Fsp3) is 0.308. The number of benzene rings is 2. The van der Waals surface area contributed by atoms with Gasteiger partial charge >= 0.3 is 5.97 Å². The molecular formula is C26H28N2O5S2. The number of carbonyl (C=O) groups excluding carboxylic acids is 2. The van der Waals surface area contributed by atoms with E-state index in [1.54, 1.807) is 6.92 Å². The Morgan fingerprint density at radius 3 is 2.40 bits per heavy atom. The lowest BCUT2D eigenvalue weighted by atomic mass is 9.95. The van der Waals surface area contributed by atoms with Crippen molar-refractivity contribution in [3.8, 4) is 0 Å². The number of amides is 1. The minimum Gasteiger partial charge on any atom is -0.462 e. The van der Waals surface area contributed by atoms with E-state index in [0.717, 1.165) is 41.7 Å². The summed E-state index contributed by atoms with van der Waals surface area (Å²) in [6.07, 6.45) is 3.72. The number of anilines is 1. The van der Waals surface area contributed by atoms with Crippen LogP contribution in [0.1, 0.15) is 56.5 Å². The van der Waals surface area contributed by atoms with E-state index in [2.05, 4.69) is 5.32 Å². The van der Waals surface area contributed by atoms with Crippen LogP contribution < -0.4 is 5.32 Å². The molecule has 0 unspecified atom stereocenters. The highest BCUT2D eigenvalue weighted by Gasteiger charge is 2.28. The van der Waals surface area contributed by atoms with Gasteiger partial charge in [0.05, 0.1) is 17.1 Å². The molecule has 0 fully saturated rings. The fourth-order valence-electron chi connectivity index (χ4n) is 4.13. The van der Waals surface area contributed by atoms with Crippen LogP contribution >= 0.6 is 11.3 Å². The van der Waals surface area contributed by atoms with E-state index in [0.29, 0.717) is 16.1 Å². The van der Waals surface area contributed by atoms with Crippen LogP contribution in [0.15, 0.2) is 59.5 Å². The maximum absolute atomic E-state index is 13.0. The minimum absolute atomic E-state index is 0.103. The van der Waals surface area contributed by atoms with Crippen molar-refractivity contribution in [2.75, 3.05) is 19.0 Å². The van der Waals surface area contributed by atoms with Crippen LogP contribution in [0.3, 0.4) is 0 Å². The molecular weight excluding hydrogens is 484 g/mol. The molecule has 0 spiro atoms. The number of hydrogen-bond acceptors (Lipinski definition) is 6. The van der Waals surface area contributed by atoms with Gasteiger partial charge in [-0.1, -0.05) is 30.3 Å². The highest BCUT2D eigenvalue weighted by Crippen LogP contribution is 2.38. The Morgan fingerprint density at radius 1 is 1.03 bits per heavy atom. The topological polar surface area (TPSA) is 92.8 Å². The van der Waals surface area contributed by atoms with E-state index >= 15 is 0 Å². The van der Waals surface area contributed by atoms with Crippen LogP contribution in [0.4, 0.5) is 5.00 Å². The van der Waals surface area contributed by atoms with Gasteiger partial charge in [-0.25, -0.2) is 13.2 Å². The second-order valence-electron chi connectivity index (χ2n) is 8.36. The zero-order chi connectivity index (χ0) is 25.0. The zero-order valence-electron chi connectivity index (χ0n) is 19.7. The van der Waals surface area contributed by atoms with E-state index in [1.165, 1.54) is 47.0 Å². The van der Waals surface area contributed by atoms with Crippen LogP contribution in [-0.2, 0) is 34.1 Å². The van der Waals surface area contributed by atoms with Gasteiger partial charge in [-0.3, -0.25) is 4.79 Å². The molecule has 7 nitrogen and oxygen atoms in total. The van der Waals surface area contributed by atoms with Gasteiger partial charge in [-0.15, -0.1) is 11.3 Å². The maximum Gasteiger partial charge on any atom is 0.341 e. The molecule has 1 N–H and O–H groups in total. The summed E-state index contributed by atoms with van der Waals surface area (Å²) in [5, 5.41) is 3.34. The first kappa shape index (κ1) is 25.1. The van der Waals surface area contributed by atoms with Crippen molar-refractivity contribution in [3.05, 3.63) is 81.7 Å². The second-order valence-corrected chi connectivity index (χ2v) is 11.5. The molecule has 0 saturated carbocycles. The Morgan fingerprint density at radius 2 is 1.71 bits per heavy atom. The molecule has 9 heteroatoms. The van der Waals surface area contributed by atoms with Gasteiger partial charge in [0.2, 0.25) is 10.0 Å². The minimum atomic E-state index is -3.72. The fourth-order valence-corrected chi connectivity index (χ4v) is 6.56. The van der Waals surface area contributed by atoms with Crippen molar-refractivity contribution in [2.24, 2.45) is 0 Å². The smallest absolute Gasteiger partial charge is 0.341 e. The largest absolute Gasteiger partial charge is 0.462 e. The van der Waals surface area contributed by atoms with Crippen molar-refractivity contribution in [2.45, 2.75) is 44.0 Å². The predicted octanol–water partition coefficient (Wildman–Crippen LogP) is 4.88. The second kappa shape index (κ2) is 10.7. The Labute approximate surface area is 209 Å². The molecule has 35 heavy (non-hydrogen) atoms. The molecule has 3 aromatic rings. The summed E-state index contributed by atoms with van der Waals surface area (Å²) in [6, 6.07) is 15.2. The van der Waals surface area contributed by atoms with Crippen molar-refractivity contribution < 1.29 is 22.7 Å². The van der Waals surface area contributed by atoms with Crippen LogP contribution in [0.25, 0.3) is 0 Å². The number of nitrogens with zero attached hydrogens (tertiary/aromatic N) is 1. The summed E-state index contributed by atoms with van der Waals surface area (Å²) in [6.45, 7) is 2.25. The molecule has 2 aromatic carbocycles. The van der Waals surface area contributed by atoms with E-state index < -0.39 is 21.9 Å². The van der Waals surface area contributed by atoms with Crippen molar-refractivity contribution in [3.63, 3.8) is 0 Å². The van der Waals surface area contributed by atoms with Gasteiger partial charge in [0.1, 0.15) is 5.00 Å². The third-order valence-electron chi connectivity index (χ3n) is 5.95. The van der Waals surface area contributed by atoms with E-state index in [-0.39, 0.29) is 18.0 Å². The SMILES string of the molecule is CCOC(=O)c1c(NC(=O)c2ccc(S(=O)(=O)N(C)Cc3ccccc3)cc2)sc2c1CCCC2. The van der Waals surface area contributed by atoms with Crippen LogP contribution in [0.5, 0.6) is 0 Å². The lowest BCUT2D eigenvalue weighted by Gasteiger charge is -2.17. The number of hydrogen-bond donors (Lipinski definition) is 1. The summed E-state index contributed by atoms with van der Waals surface area (Å²) in [4.78, 5) is 26.8. The summed E-state index contributed by atoms with van der Waals surface area (Å²) in [5.74, 6) is -0.833. The average Bonchev–Trinajstić information content (AvgIpc) is 3.22. The molecule has 0 saturated heterocycles. The Bertz CT molecular complexity index is 1320. The average molecular weight is 513 g/mol. The van der Waals surface area contributed by atoms with E-state index in [4.69, 9.17) is 4.74 Å². The molecule has 0 radical (unpaired) electrons. The van der Waals surface area contributed by atoms with Gasteiger partial charge < -0.3 is 10.1 Å². The first-order valence-corrected chi connectivity index (χ1v) is 13.8. The van der Waals surface area contributed by atoms with Crippen LogP contribution in [0.2, 0.25) is 0 Å². The number of esters is 1. The molecule has 1 amide bonds. The van der Waals surface area contributed by atoms with Crippen molar-refractivity contribution in [1.82, 2.24) is 4.31 Å². The van der Waals surface area contributed by atoms with Crippen LogP contribution in [-0.4, -0.2) is 38.3 Å². The quantitative estimate of drug-likeness (QED) is 0.435. The van der Waals surface area contributed by atoms with E-state index in [9.17, 15) is 18.0 Å². The lowest BCUT2D eigenvalue weighted by Crippen LogP contribution is -2.26. The third kappa shape index (κ3) is 5.47. The number of rotatable bonds is 8. The molecule has 1 heterocycles. The number of sulfonamides is 1. The summed E-state index contributed by atoms with van der Waals surface area (Å²) < 4.78 is 32.5. The number of thiophene rings is 1. The van der Waals surface area contributed by atoms with Gasteiger partial charge in [0.25, 0.3) is 5.91 Å². The Balaban J connectivity index is 1.52. The first-order valence-electron chi connectivity index (χ1n) is 11.5. The third-order valence-corrected chi connectivity index (χ3v) is 8.98. The molecule has 1 aromatic heterocycles. The first-order chi connectivity index (χ1) is 16.8. The van der Waals surface area contributed by atoms with Crippen molar-refractivity contribution >= 4 is 38.2 Å².